The molecule has 0 unspecified atom stereocenters. The fourth-order valence-electron chi connectivity index (χ4n) is 2.88. The van der Waals surface area contributed by atoms with Crippen LogP contribution < -0.4 is 10.1 Å². The number of carboxylic acid groups (broad SMARTS) is 1. The van der Waals surface area contributed by atoms with Gasteiger partial charge in [0.25, 0.3) is 0 Å². The largest absolute Gasteiger partial charge is 0.497 e. The van der Waals surface area contributed by atoms with Crippen LogP contribution in [0, 0.1) is 6.92 Å². The maximum absolute atomic E-state index is 12.5. The predicted molar refractivity (Wildman–Crippen MR) is 100 cm³/mol. The Morgan fingerprint density at radius 1 is 1.23 bits per heavy atom. The number of aromatic nitrogens is 1. The van der Waals surface area contributed by atoms with Crippen molar-refractivity contribution in [3.05, 3.63) is 58.2 Å². The van der Waals surface area contributed by atoms with Crippen molar-refractivity contribution < 1.29 is 19.4 Å². The smallest absolute Gasteiger partial charge is 0.337 e. The van der Waals surface area contributed by atoms with Crippen molar-refractivity contribution >= 4 is 40.1 Å². The molecule has 0 fully saturated rings. The lowest BCUT2D eigenvalue weighted by molar-refractivity contribution is -0.115. The van der Waals surface area contributed by atoms with Crippen molar-refractivity contribution in [2.75, 3.05) is 12.4 Å². The molecule has 0 atom stereocenters. The molecule has 134 valence electrons. The molecule has 6 nitrogen and oxygen atoms in total. The summed E-state index contributed by atoms with van der Waals surface area (Å²) in [6, 6.07) is 9.85. The summed E-state index contributed by atoms with van der Waals surface area (Å²) in [5, 5.41) is 13.1. The van der Waals surface area contributed by atoms with Crippen LogP contribution in [0.4, 0.5) is 5.69 Å². The molecule has 26 heavy (non-hydrogen) atoms. The van der Waals surface area contributed by atoms with E-state index in [4.69, 9.17) is 16.3 Å². The highest BCUT2D eigenvalue weighted by Gasteiger charge is 2.16. The number of carboxylic acids is 1. The minimum absolute atomic E-state index is 0.0138. The number of ether oxygens (including phenoxy) is 1. The van der Waals surface area contributed by atoms with Gasteiger partial charge in [-0.2, -0.15) is 0 Å². The van der Waals surface area contributed by atoms with E-state index in [1.807, 2.05) is 25.1 Å². The van der Waals surface area contributed by atoms with Gasteiger partial charge in [0, 0.05) is 21.6 Å². The molecule has 0 aliphatic carbocycles. The normalized spacial score (nSPS) is 10.7. The van der Waals surface area contributed by atoms with Crippen molar-refractivity contribution in [2.45, 2.75) is 13.3 Å². The van der Waals surface area contributed by atoms with Gasteiger partial charge in [0.05, 0.1) is 24.8 Å². The Morgan fingerprint density at radius 2 is 2.00 bits per heavy atom. The number of fused-ring (bicyclic) bond motifs is 1. The number of aromatic amines is 1. The second-order valence-electron chi connectivity index (χ2n) is 5.86. The van der Waals surface area contributed by atoms with Gasteiger partial charge in [-0.1, -0.05) is 11.6 Å². The topological polar surface area (TPSA) is 91.4 Å². The number of benzene rings is 2. The van der Waals surface area contributed by atoms with Crippen molar-refractivity contribution in [3.63, 3.8) is 0 Å². The van der Waals surface area contributed by atoms with E-state index in [9.17, 15) is 14.7 Å². The summed E-state index contributed by atoms with van der Waals surface area (Å²) < 4.78 is 5.25. The molecule has 2 aromatic carbocycles. The molecule has 3 aromatic rings. The number of methoxy groups -OCH3 is 1. The number of carbonyl (C=O) groups excluding carboxylic acids is 1. The molecule has 1 heterocycles. The summed E-state index contributed by atoms with van der Waals surface area (Å²) in [4.78, 5) is 27.1. The van der Waals surface area contributed by atoms with E-state index in [2.05, 4.69) is 10.3 Å². The highest BCUT2D eigenvalue weighted by Crippen LogP contribution is 2.27. The average molecular weight is 373 g/mol. The summed E-state index contributed by atoms with van der Waals surface area (Å²) in [5.41, 5.74) is 2.76. The summed E-state index contributed by atoms with van der Waals surface area (Å²) in [7, 11) is 1.58. The summed E-state index contributed by atoms with van der Waals surface area (Å²) in [6.07, 6.45) is 0.0879. The fourth-order valence-corrected chi connectivity index (χ4v) is 3.05. The molecule has 1 amide bonds. The highest BCUT2D eigenvalue weighted by atomic mass is 35.5. The van der Waals surface area contributed by atoms with Gasteiger partial charge >= 0.3 is 5.97 Å². The number of H-pyrrole nitrogens is 1. The van der Waals surface area contributed by atoms with Crippen molar-refractivity contribution in [1.29, 1.82) is 0 Å². The zero-order valence-corrected chi connectivity index (χ0v) is 15.0. The number of hydrogen-bond donors (Lipinski definition) is 3. The van der Waals surface area contributed by atoms with Crippen molar-refractivity contribution in [2.24, 2.45) is 0 Å². The first-order valence-electron chi connectivity index (χ1n) is 7.87. The monoisotopic (exact) mass is 372 g/mol. The number of amides is 1. The molecule has 0 saturated heterocycles. The van der Waals surface area contributed by atoms with Crippen LogP contribution in [0.3, 0.4) is 0 Å². The van der Waals surface area contributed by atoms with E-state index in [0.717, 1.165) is 22.2 Å². The number of hydrogen-bond acceptors (Lipinski definition) is 3. The van der Waals surface area contributed by atoms with Gasteiger partial charge in [-0.3, -0.25) is 4.79 Å². The third-order valence-corrected chi connectivity index (χ3v) is 4.39. The van der Waals surface area contributed by atoms with Crippen LogP contribution in [-0.2, 0) is 11.2 Å². The number of anilines is 1. The lowest BCUT2D eigenvalue weighted by Gasteiger charge is -2.09. The Labute approximate surface area is 154 Å². The number of rotatable bonds is 5. The Bertz CT molecular complexity index is 1010. The van der Waals surface area contributed by atoms with Gasteiger partial charge in [-0.25, -0.2) is 4.79 Å². The Kier molecular flexibility index (Phi) is 4.86. The SMILES string of the molecule is COc1ccc2[nH]c(C)c(CC(=O)Nc3cc(Cl)ccc3C(=O)O)c2c1. The van der Waals surface area contributed by atoms with Crippen LogP contribution >= 0.6 is 11.6 Å². The zero-order valence-electron chi connectivity index (χ0n) is 14.2. The Morgan fingerprint density at radius 3 is 2.69 bits per heavy atom. The first-order valence-corrected chi connectivity index (χ1v) is 8.24. The number of aromatic carboxylic acids is 1. The molecule has 0 spiro atoms. The van der Waals surface area contributed by atoms with E-state index in [1.54, 1.807) is 7.11 Å². The van der Waals surface area contributed by atoms with E-state index < -0.39 is 5.97 Å². The first kappa shape index (κ1) is 17.8. The molecule has 0 radical (unpaired) electrons. The minimum Gasteiger partial charge on any atom is -0.497 e. The van der Waals surface area contributed by atoms with Gasteiger partial charge in [0.1, 0.15) is 5.75 Å². The summed E-state index contributed by atoms with van der Waals surface area (Å²) in [5.74, 6) is -0.771. The summed E-state index contributed by atoms with van der Waals surface area (Å²) >= 11 is 5.92. The lowest BCUT2D eigenvalue weighted by Crippen LogP contribution is -2.17. The van der Waals surface area contributed by atoms with Gasteiger partial charge in [0.15, 0.2) is 0 Å². The fraction of sp³-hybridized carbons (Fsp3) is 0.158. The molecule has 1 aromatic heterocycles. The van der Waals surface area contributed by atoms with Crippen LogP contribution in [-0.4, -0.2) is 29.1 Å². The third-order valence-electron chi connectivity index (χ3n) is 4.15. The Balaban J connectivity index is 1.90. The molecule has 3 N–H and O–H groups in total. The third kappa shape index (κ3) is 3.50. The highest BCUT2D eigenvalue weighted by molar-refractivity contribution is 6.31. The van der Waals surface area contributed by atoms with Crippen LogP contribution in [0.25, 0.3) is 10.9 Å². The van der Waals surface area contributed by atoms with Gasteiger partial charge in [-0.05, 0) is 48.9 Å². The molecular formula is C19H17ClN2O4. The maximum atomic E-state index is 12.5. The maximum Gasteiger partial charge on any atom is 0.337 e. The van der Waals surface area contributed by atoms with Crippen molar-refractivity contribution in [1.82, 2.24) is 4.98 Å². The zero-order chi connectivity index (χ0) is 18.8. The number of aryl methyl sites for hydroxylation is 1. The quantitative estimate of drug-likeness (QED) is 0.630. The van der Waals surface area contributed by atoms with E-state index >= 15 is 0 Å². The van der Waals surface area contributed by atoms with Crippen LogP contribution in [0.15, 0.2) is 36.4 Å². The van der Waals surface area contributed by atoms with Crippen LogP contribution in [0.1, 0.15) is 21.6 Å². The van der Waals surface area contributed by atoms with Gasteiger partial charge in [0.2, 0.25) is 5.91 Å². The molecule has 0 saturated carbocycles. The predicted octanol–water partition coefficient (Wildman–Crippen LogP) is 4.02. The van der Waals surface area contributed by atoms with Gasteiger partial charge in [-0.15, -0.1) is 0 Å². The molecule has 3 rings (SSSR count). The second-order valence-corrected chi connectivity index (χ2v) is 6.30. The molecule has 7 heteroatoms. The molecule has 0 aliphatic rings. The summed E-state index contributed by atoms with van der Waals surface area (Å²) in [6.45, 7) is 1.89. The molecule has 0 aliphatic heterocycles. The minimum atomic E-state index is -1.13. The lowest BCUT2D eigenvalue weighted by atomic mass is 10.1. The second kappa shape index (κ2) is 7.09. The van der Waals surface area contributed by atoms with Gasteiger partial charge < -0.3 is 20.1 Å². The average Bonchev–Trinajstić information content (AvgIpc) is 2.89. The molecular weight excluding hydrogens is 356 g/mol. The van der Waals surface area contributed by atoms with Crippen LogP contribution in [0.2, 0.25) is 5.02 Å². The standard InChI is InChI=1S/C19H17ClN2O4/c1-10-14(15-8-12(26-2)4-6-16(15)21-10)9-18(23)22-17-7-11(20)3-5-13(17)19(24)25/h3-8,21H,9H2,1-2H3,(H,22,23)(H,24,25). The van der Waals surface area contributed by atoms with E-state index in [0.29, 0.717) is 10.8 Å². The number of nitrogens with one attached hydrogen (secondary N) is 2. The number of halogens is 1. The van der Waals surface area contributed by atoms with Crippen molar-refractivity contribution in [3.8, 4) is 5.75 Å². The molecule has 0 bridgehead atoms. The number of carbonyl (C=O) groups is 2. The van der Waals surface area contributed by atoms with E-state index in [-0.39, 0.29) is 23.6 Å². The Hall–Kier alpha value is -2.99. The van der Waals surface area contributed by atoms with Crippen LogP contribution in [0.5, 0.6) is 5.75 Å². The van der Waals surface area contributed by atoms with E-state index in [1.165, 1.54) is 18.2 Å². The first-order chi connectivity index (χ1) is 12.4.